The van der Waals surface area contributed by atoms with Gasteiger partial charge in [0.25, 0.3) is 5.89 Å². The van der Waals surface area contributed by atoms with Crippen LogP contribution in [-0.2, 0) is 10.0 Å². The van der Waals surface area contributed by atoms with Crippen LogP contribution < -0.4 is 0 Å². The zero-order valence-corrected chi connectivity index (χ0v) is 19.6. The van der Waals surface area contributed by atoms with Gasteiger partial charge in [0.1, 0.15) is 5.58 Å². The van der Waals surface area contributed by atoms with E-state index < -0.39 is 10.0 Å². The van der Waals surface area contributed by atoms with Gasteiger partial charge in [0.05, 0.1) is 4.90 Å². The van der Waals surface area contributed by atoms with Crippen molar-refractivity contribution in [2.45, 2.75) is 45.4 Å². The lowest BCUT2D eigenvalue weighted by Gasteiger charge is -2.20. The number of fused-ring (bicyclic) bond motifs is 1. The number of sulfonamides is 1. The van der Waals surface area contributed by atoms with Gasteiger partial charge in [-0.25, -0.2) is 8.42 Å². The molecule has 2 heterocycles. The van der Waals surface area contributed by atoms with Gasteiger partial charge in [-0.3, -0.25) is 0 Å². The summed E-state index contributed by atoms with van der Waals surface area (Å²) in [5, 5.41) is 4.82. The Labute approximate surface area is 188 Å². The van der Waals surface area contributed by atoms with Crippen molar-refractivity contribution in [3.63, 3.8) is 0 Å². The molecule has 0 N–H and O–H groups in total. The van der Waals surface area contributed by atoms with Crippen LogP contribution in [0.3, 0.4) is 0 Å². The van der Waals surface area contributed by atoms with E-state index in [1.54, 1.807) is 18.2 Å². The van der Waals surface area contributed by atoms with Crippen LogP contribution in [0.4, 0.5) is 0 Å². The average molecular weight is 454 g/mol. The molecule has 32 heavy (non-hydrogen) atoms. The van der Waals surface area contributed by atoms with Crippen molar-refractivity contribution in [2.75, 3.05) is 13.1 Å². The Bertz CT molecular complexity index is 1350. The molecule has 0 fully saturated rings. The zero-order chi connectivity index (χ0) is 22.9. The van der Waals surface area contributed by atoms with Crippen molar-refractivity contribution in [2.24, 2.45) is 0 Å². The minimum absolute atomic E-state index is 0.254. The van der Waals surface area contributed by atoms with Gasteiger partial charge in [0.2, 0.25) is 15.8 Å². The summed E-state index contributed by atoms with van der Waals surface area (Å²) in [5.41, 5.74) is 3.26. The van der Waals surface area contributed by atoms with E-state index in [0.29, 0.717) is 35.6 Å². The molecular formula is C24H27N3O4S. The second kappa shape index (κ2) is 8.88. The second-order valence-electron chi connectivity index (χ2n) is 7.80. The lowest BCUT2D eigenvalue weighted by Crippen LogP contribution is -2.31. The summed E-state index contributed by atoms with van der Waals surface area (Å²) >= 11 is 0. The molecule has 0 aliphatic heterocycles. The fraction of sp³-hybridized carbons (Fsp3) is 0.333. The van der Waals surface area contributed by atoms with Gasteiger partial charge in [-0.05, 0) is 44.0 Å². The Balaban J connectivity index is 1.72. The second-order valence-corrected chi connectivity index (χ2v) is 9.74. The van der Waals surface area contributed by atoms with Crippen LogP contribution in [0, 0.1) is 13.8 Å². The highest BCUT2D eigenvalue weighted by Gasteiger charge is 2.25. The van der Waals surface area contributed by atoms with Gasteiger partial charge in [0.15, 0.2) is 5.76 Å². The first kappa shape index (κ1) is 22.2. The molecule has 0 saturated carbocycles. The molecule has 4 aromatic rings. The molecule has 0 atom stereocenters. The predicted molar refractivity (Wildman–Crippen MR) is 124 cm³/mol. The van der Waals surface area contributed by atoms with Gasteiger partial charge < -0.3 is 8.94 Å². The van der Waals surface area contributed by atoms with Crippen LogP contribution in [0.25, 0.3) is 34.0 Å². The highest BCUT2D eigenvalue weighted by molar-refractivity contribution is 7.89. The number of unbranched alkanes of at least 4 members (excludes halogenated alkanes) is 1. The molecule has 0 aliphatic rings. The van der Waals surface area contributed by atoms with E-state index in [9.17, 15) is 8.42 Å². The minimum atomic E-state index is -3.58. The van der Waals surface area contributed by atoms with Crippen LogP contribution in [0.15, 0.2) is 56.3 Å². The maximum atomic E-state index is 13.1. The third-order valence-electron chi connectivity index (χ3n) is 5.67. The average Bonchev–Trinajstić information content (AvgIpc) is 3.39. The Morgan fingerprint density at radius 2 is 1.84 bits per heavy atom. The number of aryl methyl sites for hydroxylation is 2. The Kier molecular flexibility index (Phi) is 6.17. The number of hydrogen-bond acceptors (Lipinski definition) is 6. The van der Waals surface area contributed by atoms with E-state index in [1.165, 1.54) is 4.31 Å². The normalized spacial score (nSPS) is 12.2. The Morgan fingerprint density at radius 3 is 2.56 bits per heavy atom. The molecule has 0 radical (unpaired) electrons. The molecule has 2 aromatic carbocycles. The third-order valence-corrected chi connectivity index (χ3v) is 7.64. The molecule has 8 heteroatoms. The van der Waals surface area contributed by atoms with Gasteiger partial charge >= 0.3 is 0 Å². The van der Waals surface area contributed by atoms with Crippen LogP contribution in [0.1, 0.15) is 37.8 Å². The van der Waals surface area contributed by atoms with Crippen molar-refractivity contribution in [1.82, 2.24) is 14.4 Å². The lowest BCUT2D eigenvalue weighted by molar-refractivity contribution is 0.418. The first-order valence-corrected chi connectivity index (χ1v) is 12.2. The van der Waals surface area contributed by atoms with E-state index in [-0.39, 0.29) is 10.8 Å². The van der Waals surface area contributed by atoms with Gasteiger partial charge in [-0.2, -0.15) is 9.29 Å². The summed E-state index contributed by atoms with van der Waals surface area (Å²) in [6.07, 6.45) is 1.76. The molecule has 0 unspecified atom stereocenters. The topological polar surface area (TPSA) is 89.4 Å². The first-order chi connectivity index (χ1) is 15.4. The predicted octanol–water partition coefficient (Wildman–Crippen LogP) is 5.58. The van der Waals surface area contributed by atoms with Gasteiger partial charge in [-0.1, -0.05) is 49.7 Å². The van der Waals surface area contributed by atoms with Crippen molar-refractivity contribution >= 4 is 21.0 Å². The maximum absolute atomic E-state index is 13.1. The SMILES string of the molecule is CCCCN(CC)S(=O)(=O)c1ccc2oc(-c3nc(-c4ccccc4C)no3)c(C)c2c1. The number of rotatable bonds is 8. The standard InChI is InChI=1S/C24H27N3O4S/c1-5-7-14-27(6-2)32(28,29)18-12-13-21-20(15-18)17(4)22(30-21)24-25-23(26-31-24)19-11-9-8-10-16(19)3/h8-13,15H,5-7,14H2,1-4H3. The molecule has 0 aliphatic carbocycles. The molecule has 4 rings (SSSR count). The summed E-state index contributed by atoms with van der Waals surface area (Å²) in [6.45, 7) is 8.69. The van der Waals surface area contributed by atoms with E-state index >= 15 is 0 Å². The summed E-state index contributed by atoms with van der Waals surface area (Å²) < 4.78 is 39.3. The van der Waals surface area contributed by atoms with Crippen molar-refractivity contribution < 1.29 is 17.4 Å². The van der Waals surface area contributed by atoms with Crippen LogP contribution >= 0.6 is 0 Å². The fourth-order valence-corrected chi connectivity index (χ4v) is 5.26. The number of benzene rings is 2. The fourth-order valence-electron chi connectivity index (χ4n) is 3.75. The van der Waals surface area contributed by atoms with Crippen molar-refractivity contribution in [3.8, 4) is 23.0 Å². The monoisotopic (exact) mass is 453 g/mol. The molecular weight excluding hydrogens is 426 g/mol. The number of hydrogen-bond donors (Lipinski definition) is 0. The molecule has 168 valence electrons. The highest BCUT2D eigenvalue weighted by atomic mass is 32.2. The molecule has 0 bridgehead atoms. The van der Waals surface area contributed by atoms with Gasteiger partial charge in [-0.15, -0.1) is 0 Å². The molecule has 2 aromatic heterocycles. The Morgan fingerprint density at radius 1 is 1.06 bits per heavy atom. The molecule has 7 nitrogen and oxygen atoms in total. The quantitative estimate of drug-likeness (QED) is 0.346. The first-order valence-electron chi connectivity index (χ1n) is 10.8. The molecule has 0 amide bonds. The minimum Gasteiger partial charge on any atom is -0.451 e. The highest BCUT2D eigenvalue weighted by Crippen LogP contribution is 2.35. The van der Waals surface area contributed by atoms with E-state index in [1.807, 2.05) is 52.0 Å². The summed E-state index contributed by atoms with van der Waals surface area (Å²) in [4.78, 5) is 4.77. The molecule has 0 spiro atoms. The number of aromatic nitrogens is 2. The maximum Gasteiger partial charge on any atom is 0.294 e. The lowest BCUT2D eigenvalue weighted by atomic mass is 10.1. The summed E-state index contributed by atoms with van der Waals surface area (Å²) in [7, 11) is -3.58. The van der Waals surface area contributed by atoms with Gasteiger partial charge in [0, 0.05) is 29.6 Å². The van der Waals surface area contributed by atoms with E-state index in [0.717, 1.165) is 29.5 Å². The van der Waals surface area contributed by atoms with Crippen LogP contribution in [-0.4, -0.2) is 36.0 Å². The van der Waals surface area contributed by atoms with Crippen LogP contribution in [0.2, 0.25) is 0 Å². The van der Waals surface area contributed by atoms with E-state index in [2.05, 4.69) is 10.1 Å². The number of furan rings is 1. The largest absolute Gasteiger partial charge is 0.451 e. The smallest absolute Gasteiger partial charge is 0.294 e. The van der Waals surface area contributed by atoms with Crippen molar-refractivity contribution in [3.05, 3.63) is 53.6 Å². The zero-order valence-electron chi connectivity index (χ0n) is 18.8. The van der Waals surface area contributed by atoms with E-state index in [4.69, 9.17) is 8.94 Å². The Hall–Kier alpha value is -2.97. The number of nitrogens with zero attached hydrogens (tertiary/aromatic N) is 3. The van der Waals surface area contributed by atoms with Crippen molar-refractivity contribution in [1.29, 1.82) is 0 Å². The summed E-state index contributed by atoms with van der Waals surface area (Å²) in [6, 6.07) is 12.7. The third kappa shape index (κ3) is 3.96. The van der Waals surface area contributed by atoms with Crippen LogP contribution in [0.5, 0.6) is 0 Å². The molecule has 0 saturated heterocycles. The summed E-state index contributed by atoms with van der Waals surface area (Å²) in [5.74, 6) is 1.19.